The van der Waals surface area contributed by atoms with E-state index in [1.807, 2.05) is 12.1 Å². The number of rotatable bonds is 5. The van der Waals surface area contributed by atoms with E-state index >= 15 is 0 Å². The van der Waals surface area contributed by atoms with E-state index in [9.17, 15) is 9.18 Å². The fourth-order valence-corrected chi connectivity index (χ4v) is 3.70. The van der Waals surface area contributed by atoms with Crippen LogP contribution in [0.4, 0.5) is 16.2 Å². The number of aromatic nitrogens is 6. The molecule has 4 aromatic rings. The minimum atomic E-state index is -0.335. The van der Waals surface area contributed by atoms with Crippen LogP contribution in [0.5, 0.6) is 0 Å². The van der Waals surface area contributed by atoms with Gasteiger partial charge in [-0.2, -0.15) is 14.8 Å². The lowest BCUT2D eigenvalue weighted by molar-refractivity contribution is 0.625. The highest BCUT2D eigenvalue weighted by atomic mass is 19.1. The molecule has 2 N–H and O–H groups in total. The number of halogens is 1. The van der Waals surface area contributed by atoms with E-state index in [0.717, 1.165) is 25.1 Å². The van der Waals surface area contributed by atoms with Crippen LogP contribution in [0.1, 0.15) is 19.3 Å². The zero-order valence-electron chi connectivity index (χ0n) is 15.9. The molecule has 30 heavy (non-hydrogen) atoms. The van der Waals surface area contributed by atoms with E-state index in [2.05, 4.69) is 30.8 Å². The Morgan fingerprint density at radius 2 is 1.97 bits per heavy atom. The van der Waals surface area contributed by atoms with Crippen molar-refractivity contribution in [2.75, 3.05) is 10.6 Å². The number of nitrogens with one attached hydrogen (secondary N) is 2. The summed E-state index contributed by atoms with van der Waals surface area (Å²) in [5, 5.41) is 15.1. The molecule has 1 aliphatic carbocycles. The number of nitrogens with zero attached hydrogens (tertiary/aromatic N) is 6. The van der Waals surface area contributed by atoms with Gasteiger partial charge < -0.3 is 10.6 Å². The van der Waals surface area contributed by atoms with Gasteiger partial charge in [-0.05, 0) is 43.5 Å². The molecule has 0 spiro atoms. The van der Waals surface area contributed by atoms with E-state index in [1.165, 1.54) is 22.9 Å². The van der Waals surface area contributed by atoms with Gasteiger partial charge in [-0.15, -0.1) is 5.10 Å². The third kappa shape index (κ3) is 3.71. The first kappa shape index (κ1) is 18.2. The largest absolute Gasteiger partial charge is 0.367 e. The van der Waals surface area contributed by atoms with Crippen LogP contribution in [0, 0.1) is 5.82 Å². The van der Waals surface area contributed by atoms with Gasteiger partial charge in [0.1, 0.15) is 11.6 Å². The summed E-state index contributed by atoms with van der Waals surface area (Å²) in [4.78, 5) is 20.6. The van der Waals surface area contributed by atoms with Crippen LogP contribution in [0.2, 0.25) is 0 Å². The van der Waals surface area contributed by atoms with Crippen LogP contribution in [0.3, 0.4) is 0 Å². The van der Waals surface area contributed by atoms with Crippen molar-refractivity contribution in [3.8, 4) is 5.69 Å². The van der Waals surface area contributed by atoms with Crippen molar-refractivity contribution in [3.63, 3.8) is 0 Å². The molecule has 0 saturated heterocycles. The highest BCUT2D eigenvalue weighted by Gasteiger charge is 2.25. The van der Waals surface area contributed by atoms with E-state index in [4.69, 9.17) is 0 Å². The molecule has 0 bridgehead atoms. The molecule has 5 rings (SSSR count). The molecule has 152 valence electrons. The third-order valence-corrected chi connectivity index (χ3v) is 5.13. The van der Waals surface area contributed by atoms with Crippen LogP contribution in [0.25, 0.3) is 11.3 Å². The summed E-state index contributed by atoms with van der Waals surface area (Å²) < 4.78 is 16.2. The van der Waals surface area contributed by atoms with Crippen molar-refractivity contribution in [1.29, 1.82) is 0 Å². The second kappa shape index (κ2) is 7.54. The Balaban J connectivity index is 1.21. The van der Waals surface area contributed by atoms with Crippen molar-refractivity contribution in [2.45, 2.75) is 31.3 Å². The average Bonchev–Trinajstić information content (AvgIpc) is 3.35. The minimum absolute atomic E-state index is 0.201. The lowest BCUT2D eigenvalue weighted by Crippen LogP contribution is -2.22. The molecule has 2 atom stereocenters. The van der Waals surface area contributed by atoms with Gasteiger partial charge in [0.15, 0.2) is 5.65 Å². The number of hydrogen-bond donors (Lipinski definition) is 2. The molecule has 0 aliphatic heterocycles. The van der Waals surface area contributed by atoms with Gasteiger partial charge in [-0.1, -0.05) is 0 Å². The first-order valence-corrected chi connectivity index (χ1v) is 9.70. The monoisotopic (exact) mass is 406 g/mol. The van der Waals surface area contributed by atoms with E-state index < -0.39 is 0 Å². The summed E-state index contributed by atoms with van der Waals surface area (Å²) in [6.45, 7) is 0. The highest BCUT2D eigenvalue weighted by molar-refractivity contribution is 5.44. The standard InChI is InChI=1S/C20H19FN8O/c21-13-7-9-28-18(10-13)26-20(27-28)25-15-4-3-14(11-15)24-17-6-5-16(12-22-17)29-19(30)2-1-8-23-29/h1-2,5-10,12,14-15H,3-4,11H2,(H,22,24)(H,25,27)/t14-,15-/m0/s1. The molecule has 0 radical (unpaired) electrons. The average molecular weight is 406 g/mol. The fraction of sp³-hybridized carbons (Fsp3) is 0.250. The maximum absolute atomic E-state index is 13.3. The van der Waals surface area contributed by atoms with Gasteiger partial charge in [0.2, 0.25) is 5.95 Å². The predicted octanol–water partition coefficient (Wildman–Crippen LogP) is 2.25. The third-order valence-electron chi connectivity index (χ3n) is 5.13. The molecule has 1 aliphatic rings. The van der Waals surface area contributed by atoms with Gasteiger partial charge in [0.05, 0.1) is 11.9 Å². The van der Waals surface area contributed by atoms with Gasteiger partial charge in [0, 0.05) is 36.6 Å². The van der Waals surface area contributed by atoms with Gasteiger partial charge >= 0.3 is 0 Å². The van der Waals surface area contributed by atoms with Crippen molar-refractivity contribution in [2.24, 2.45) is 0 Å². The van der Waals surface area contributed by atoms with E-state index in [0.29, 0.717) is 17.3 Å². The molecule has 0 unspecified atom stereocenters. The number of pyridine rings is 2. The topological polar surface area (TPSA) is 102 Å². The van der Waals surface area contributed by atoms with Crippen LogP contribution in [-0.4, -0.2) is 41.4 Å². The van der Waals surface area contributed by atoms with Crippen molar-refractivity contribution in [1.82, 2.24) is 29.4 Å². The molecule has 4 heterocycles. The fourth-order valence-electron chi connectivity index (χ4n) is 3.70. The smallest absolute Gasteiger partial charge is 0.271 e. The van der Waals surface area contributed by atoms with Gasteiger partial charge in [-0.3, -0.25) is 4.79 Å². The Hall–Kier alpha value is -3.82. The van der Waals surface area contributed by atoms with Crippen LogP contribution < -0.4 is 16.2 Å². The SMILES string of the molecule is O=c1cccnn1-c1ccc(N[C@H]2CC[C@H](Nc3nc4cc(F)ccn4n3)C2)nc1. The summed E-state index contributed by atoms with van der Waals surface area (Å²) >= 11 is 0. The van der Waals surface area contributed by atoms with E-state index in [-0.39, 0.29) is 23.5 Å². The molecule has 4 aromatic heterocycles. The minimum Gasteiger partial charge on any atom is -0.367 e. The Kier molecular flexibility index (Phi) is 4.58. The summed E-state index contributed by atoms with van der Waals surface area (Å²) in [6.07, 6.45) is 7.56. The normalized spacial score (nSPS) is 18.6. The summed E-state index contributed by atoms with van der Waals surface area (Å²) in [5.41, 5.74) is 0.890. The summed E-state index contributed by atoms with van der Waals surface area (Å²) in [7, 11) is 0. The second-order valence-corrected chi connectivity index (χ2v) is 7.25. The zero-order chi connectivity index (χ0) is 20.5. The quantitative estimate of drug-likeness (QED) is 0.524. The number of anilines is 2. The summed E-state index contributed by atoms with van der Waals surface area (Å²) in [6, 6.07) is 9.90. The molecule has 0 amide bonds. The van der Waals surface area contributed by atoms with Gasteiger partial charge in [-0.25, -0.2) is 13.9 Å². The lowest BCUT2D eigenvalue weighted by atomic mass is 10.2. The van der Waals surface area contributed by atoms with Crippen molar-refractivity contribution in [3.05, 3.63) is 71.2 Å². The van der Waals surface area contributed by atoms with E-state index in [1.54, 1.807) is 29.2 Å². The van der Waals surface area contributed by atoms with Crippen molar-refractivity contribution < 1.29 is 4.39 Å². The van der Waals surface area contributed by atoms with Crippen LogP contribution in [-0.2, 0) is 0 Å². The maximum Gasteiger partial charge on any atom is 0.271 e. The first-order chi connectivity index (χ1) is 14.6. The predicted molar refractivity (Wildman–Crippen MR) is 109 cm³/mol. The Labute approximate surface area is 170 Å². The number of fused-ring (bicyclic) bond motifs is 1. The highest BCUT2D eigenvalue weighted by Crippen LogP contribution is 2.25. The Bertz CT molecular complexity index is 1240. The van der Waals surface area contributed by atoms with Crippen LogP contribution >= 0.6 is 0 Å². The molecule has 1 fully saturated rings. The summed E-state index contributed by atoms with van der Waals surface area (Å²) in [5.74, 6) is 0.905. The molecule has 1 saturated carbocycles. The van der Waals surface area contributed by atoms with Crippen LogP contribution in [0.15, 0.2) is 59.8 Å². The molecule has 10 heteroatoms. The molecule has 0 aromatic carbocycles. The zero-order valence-corrected chi connectivity index (χ0v) is 15.9. The lowest BCUT2D eigenvalue weighted by Gasteiger charge is -2.14. The van der Waals surface area contributed by atoms with Crippen molar-refractivity contribution >= 4 is 17.4 Å². The maximum atomic E-state index is 13.3. The van der Waals surface area contributed by atoms with Gasteiger partial charge in [0.25, 0.3) is 5.56 Å². The molecular weight excluding hydrogens is 387 g/mol. The number of hydrogen-bond acceptors (Lipinski definition) is 7. The molecular formula is C20H19FN8O. The Morgan fingerprint density at radius 3 is 2.77 bits per heavy atom. The molecule has 9 nitrogen and oxygen atoms in total. The first-order valence-electron chi connectivity index (χ1n) is 9.70. The Morgan fingerprint density at radius 1 is 1.10 bits per heavy atom. The second-order valence-electron chi connectivity index (χ2n) is 7.25.